The fourth-order valence-corrected chi connectivity index (χ4v) is 2.21. The highest BCUT2D eigenvalue weighted by Crippen LogP contribution is 2.17. The molecule has 0 N–H and O–H groups in total. The van der Waals surface area contributed by atoms with E-state index in [4.69, 9.17) is 5.26 Å². The summed E-state index contributed by atoms with van der Waals surface area (Å²) in [4.78, 5) is 13.4. The third-order valence-electron chi connectivity index (χ3n) is 3.15. The van der Waals surface area contributed by atoms with Crippen molar-refractivity contribution in [3.8, 4) is 6.07 Å². The second-order valence-corrected chi connectivity index (χ2v) is 4.61. The Hall–Kier alpha value is -1.82. The molecule has 1 saturated heterocycles. The smallest absolute Gasteiger partial charge is 0.224 e. The number of likely N-dealkylation sites (tertiary alicyclic amines) is 1. The Labute approximate surface area is 102 Å². The zero-order chi connectivity index (χ0) is 12.3. The van der Waals surface area contributed by atoms with E-state index in [9.17, 15) is 4.79 Å². The first-order chi connectivity index (χ1) is 8.19. The van der Waals surface area contributed by atoms with E-state index in [0.717, 1.165) is 13.0 Å². The van der Waals surface area contributed by atoms with Crippen LogP contribution in [0.4, 0.5) is 0 Å². The van der Waals surface area contributed by atoms with Crippen molar-refractivity contribution >= 4 is 5.91 Å². The second-order valence-electron chi connectivity index (χ2n) is 4.61. The largest absolute Gasteiger partial charge is 0.341 e. The number of benzene rings is 1. The lowest BCUT2D eigenvalue weighted by molar-refractivity contribution is -0.127. The van der Waals surface area contributed by atoms with Gasteiger partial charge in [0.05, 0.1) is 12.0 Å². The van der Waals surface area contributed by atoms with Gasteiger partial charge in [-0.15, -0.1) is 0 Å². The molecule has 1 aromatic carbocycles. The number of nitriles is 1. The topological polar surface area (TPSA) is 44.1 Å². The van der Waals surface area contributed by atoms with Gasteiger partial charge in [0.1, 0.15) is 0 Å². The summed E-state index contributed by atoms with van der Waals surface area (Å²) in [6.07, 6.45) is 1.26. The molecule has 1 aliphatic heterocycles. The predicted molar refractivity (Wildman–Crippen MR) is 65.2 cm³/mol. The highest BCUT2D eigenvalue weighted by molar-refractivity contribution is 5.79. The zero-order valence-corrected chi connectivity index (χ0v) is 10.0. The molecule has 1 atom stereocenters. The molecule has 3 nitrogen and oxygen atoms in total. The summed E-state index contributed by atoms with van der Waals surface area (Å²) in [7, 11) is 0. The third kappa shape index (κ3) is 2.85. The van der Waals surface area contributed by atoms with E-state index in [-0.39, 0.29) is 11.8 Å². The highest BCUT2D eigenvalue weighted by Gasteiger charge is 2.28. The molecule has 3 heteroatoms. The van der Waals surface area contributed by atoms with Gasteiger partial charge in [-0.3, -0.25) is 4.79 Å². The van der Waals surface area contributed by atoms with Crippen LogP contribution >= 0.6 is 0 Å². The van der Waals surface area contributed by atoms with Crippen molar-refractivity contribution in [1.82, 2.24) is 4.90 Å². The van der Waals surface area contributed by atoms with Crippen LogP contribution < -0.4 is 0 Å². The maximum Gasteiger partial charge on any atom is 0.224 e. The molecule has 1 unspecified atom stereocenters. The molecule has 0 aromatic heterocycles. The molecule has 0 spiro atoms. The van der Waals surface area contributed by atoms with Crippen LogP contribution in [-0.2, 0) is 11.2 Å². The van der Waals surface area contributed by atoms with Gasteiger partial charge in [-0.1, -0.05) is 29.8 Å². The Kier molecular flexibility index (Phi) is 3.43. The molecule has 0 radical (unpaired) electrons. The minimum atomic E-state index is -0.111. The van der Waals surface area contributed by atoms with Gasteiger partial charge in [0.2, 0.25) is 5.91 Å². The van der Waals surface area contributed by atoms with Crippen molar-refractivity contribution in [3.63, 3.8) is 0 Å². The van der Waals surface area contributed by atoms with E-state index in [1.165, 1.54) is 11.1 Å². The molecule has 1 fully saturated rings. The summed E-state index contributed by atoms with van der Waals surface area (Å²) in [6, 6.07) is 10.5. The van der Waals surface area contributed by atoms with Gasteiger partial charge in [-0.25, -0.2) is 0 Å². The minimum absolute atomic E-state index is 0.111. The summed E-state index contributed by atoms with van der Waals surface area (Å²) in [5.74, 6) is 0.00390. The number of hydrogen-bond donors (Lipinski definition) is 0. The molecular formula is C14H16N2O. The van der Waals surface area contributed by atoms with Crippen LogP contribution in [0.2, 0.25) is 0 Å². The first-order valence-electron chi connectivity index (χ1n) is 5.92. The minimum Gasteiger partial charge on any atom is -0.341 e. The summed E-state index contributed by atoms with van der Waals surface area (Å²) < 4.78 is 0. The molecule has 0 saturated carbocycles. The SMILES string of the molecule is Cc1cccc(CCN2CC(C#N)CC2=O)c1. The van der Waals surface area contributed by atoms with Gasteiger partial charge >= 0.3 is 0 Å². The maximum atomic E-state index is 11.6. The van der Waals surface area contributed by atoms with Crippen LogP contribution in [-0.4, -0.2) is 23.9 Å². The summed E-state index contributed by atoms with van der Waals surface area (Å²) >= 11 is 0. The standard InChI is InChI=1S/C14H16N2O/c1-11-3-2-4-12(7-11)5-6-16-10-13(9-15)8-14(16)17/h2-4,7,13H,5-6,8,10H2,1H3. The summed E-state index contributed by atoms with van der Waals surface area (Å²) in [6.45, 7) is 3.39. The van der Waals surface area contributed by atoms with Gasteiger partial charge in [-0.05, 0) is 18.9 Å². The fraction of sp³-hybridized carbons (Fsp3) is 0.429. The fourth-order valence-electron chi connectivity index (χ4n) is 2.21. The molecule has 17 heavy (non-hydrogen) atoms. The van der Waals surface area contributed by atoms with Crippen molar-refractivity contribution in [2.75, 3.05) is 13.1 Å². The van der Waals surface area contributed by atoms with Crippen LogP contribution in [0.25, 0.3) is 0 Å². The first-order valence-corrected chi connectivity index (χ1v) is 5.92. The van der Waals surface area contributed by atoms with Gasteiger partial charge in [-0.2, -0.15) is 5.26 Å². The molecule has 1 aliphatic rings. The second kappa shape index (κ2) is 5.01. The van der Waals surface area contributed by atoms with Gasteiger partial charge in [0.15, 0.2) is 0 Å². The lowest BCUT2D eigenvalue weighted by atomic mass is 10.1. The highest BCUT2D eigenvalue weighted by atomic mass is 16.2. The Morgan fingerprint density at radius 2 is 2.35 bits per heavy atom. The van der Waals surface area contributed by atoms with Crippen LogP contribution in [0.1, 0.15) is 17.5 Å². The summed E-state index contributed by atoms with van der Waals surface area (Å²) in [5.41, 5.74) is 2.49. The van der Waals surface area contributed by atoms with Crippen LogP contribution in [0.3, 0.4) is 0 Å². The lowest BCUT2D eigenvalue weighted by Gasteiger charge is -2.15. The number of hydrogen-bond acceptors (Lipinski definition) is 2. The van der Waals surface area contributed by atoms with Crippen LogP contribution in [0.5, 0.6) is 0 Å². The summed E-state index contributed by atoms with van der Waals surface area (Å²) in [5, 5.41) is 8.79. The average molecular weight is 228 g/mol. The van der Waals surface area contributed by atoms with Crippen molar-refractivity contribution in [2.24, 2.45) is 5.92 Å². The van der Waals surface area contributed by atoms with Gasteiger partial charge in [0, 0.05) is 19.5 Å². The van der Waals surface area contributed by atoms with E-state index in [2.05, 4.69) is 31.2 Å². The monoisotopic (exact) mass is 228 g/mol. The first kappa shape index (κ1) is 11.7. The van der Waals surface area contributed by atoms with Crippen molar-refractivity contribution in [2.45, 2.75) is 19.8 Å². The number of amides is 1. The van der Waals surface area contributed by atoms with Crippen molar-refractivity contribution in [1.29, 1.82) is 5.26 Å². The van der Waals surface area contributed by atoms with Crippen molar-refractivity contribution < 1.29 is 4.79 Å². The van der Waals surface area contributed by atoms with Crippen molar-refractivity contribution in [3.05, 3.63) is 35.4 Å². The van der Waals surface area contributed by atoms with Crippen LogP contribution in [0.15, 0.2) is 24.3 Å². The number of nitrogens with zero attached hydrogens (tertiary/aromatic N) is 2. The Morgan fingerprint density at radius 1 is 1.53 bits per heavy atom. The van der Waals surface area contributed by atoms with E-state index < -0.39 is 0 Å². The molecule has 1 amide bonds. The Bertz CT molecular complexity index is 462. The Morgan fingerprint density at radius 3 is 3.00 bits per heavy atom. The van der Waals surface area contributed by atoms with E-state index in [1.807, 2.05) is 6.07 Å². The van der Waals surface area contributed by atoms with E-state index in [0.29, 0.717) is 13.0 Å². The molecule has 1 aromatic rings. The molecule has 0 aliphatic carbocycles. The zero-order valence-electron chi connectivity index (χ0n) is 10.0. The number of aryl methyl sites for hydroxylation is 1. The molecular weight excluding hydrogens is 212 g/mol. The van der Waals surface area contributed by atoms with Gasteiger partial charge < -0.3 is 4.90 Å². The number of carbonyl (C=O) groups is 1. The average Bonchev–Trinajstić information content (AvgIpc) is 2.68. The molecule has 2 rings (SSSR count). The molecule has 88 valence electrons. The maximum absolute atomic E-state index is 11.6. The Balaban J connectivity index is 1.91. The third-order valence-corrected chi connectivity index (χ3v) is 3.15. The van der Waals surface area contributed by atoms with Crippen LogP contribution in [0, 0.1) is 24.2 Å². The van der Waals surface area contributed by atoms with E-state index >= 15 is 0 Å². The molecule has 1 heterocycles. The normalized spacial score (nSPS) is 19.4. The van der Waals surface area contributed by atoms with E-state index in [1.54, 1.807) is 4.90 Å². The van der Waals surface area contributed by atoms with Gasteiger partial charge in [0.25, 0.3) is 0 Å². The number of carbonyl (C=O) groups excluding carboxylic acids is 1. The quantitative estimate of drug-likeness (QED) is 0.793. The predicted octanol–water partition coefficient (Wildman–Crippen LogP) is 1.91. The molecule has 0 bridgehead atoms. The lowest BCUT2D eigenvalue weighted by Crippen LogP contribution is -2.27. The number of rotatable bonds is 3.